The number of anilines is 1. The first-order valence-electron chi connectivity index (χ1n) is 7.87. The van der Waals surface area contributed by atoms with Gasteiger partial charge in [0.25, 0.3) is 0 Å². The molecular formula is C16H25N3O. The molecule has 0 aromatic carbocycles. The molecule has 3 rings (SSSR count). The van der Waals surface area contributed by atoms with Gasteiger partial charge in [-0.05, 0) is 37.5 Å². The number of aliphatic hydroxyl groups excluding tert-OH is 1. The number of hydrogen-bond donors (Lipinski definition) is 1. The van der Waals surface area contributed by atoms with E-state index in [2.05, 4.69) is 14.8 Å². The van der Waals surface area contributed by atoms with Crippen LogP contribution in [-0.2, 0) is 0 Å². The summed E-state index contributed by atoms with van der Waals surface area (Å²) in [7, 11) is 0. The van der Waals surface area contributed by atoms with Crippen LogP contribution in [-0.4, -0.2) is 47.2 Å². The van der Waals surface area contributed by atoms with E-state index in [1.165, 1.54) is 25.7 Å². The molecule has 0 unspecified atom stereocenters. The minimum atomic E-state index is -0.420. The van der Waals surface area contributed by atoms with Crippen LogP contribution in [0, 0.1) is 0 Å². The van der Waals surface area contributed by atoms with Crippen molar-refractivity contribution in [2.75, 3.05) is 31.1 Å². The number of pyridine rings is 1. The van der Waals surface area contributed by atoms with Gasteiger partial charge in [0.2, 0.25) is 0 Å². The minimum Gasteiger partial charge on any atom is -0.389 e. The molecule has 0 bridgehead atoms. The quantitative estimate of drug-likeness (QED) is 0.918. The van der Waals surface area contributed by atoms with Gasteiger partial charge in [-0.25, -0.2) is 4.98 Å². The molecule has 0 radical (unpaired) electrons. The lowest BCUT2D eigenvalue weighted by Crippen LogP contribution is -2.50. The Morgan fingerprint density at radius 2 is 1.90 bits per heavy atom. The highest BCUT2D eigenvalue weighted by Gasteiger charge is 2.26. The highest BCUT2D eigenvalue weighted by Crippen LogP contribution is 2.25. The van der Waals surface area contributed by atoms with Gasteiger partial charge < -0.3 is 10.0 Å². The van der Waals surface area contributed by atoms with E-state index in [1.54, 1.807) is 13.1 Å². The second-order valence-corrected chi connectivity index (χ2v) is 6.08. The van der Waals surface area contributed by atoms with Crippen molar-refractivity contribution in [1.82, 2.24) is 9.88 Å². The maximum Gasteiger partial charge on any atom is 0.128 e. The van der Waals surface area contributed by atoms with Gasteiger partial charge in [-0.15, -0.1) is 0 Å². The van der Waals surface area contributed by atoms with Crippen LogP contribution in [0.5, 0.6) is 0 Å². The van der Waals surface area contributed by atoms with Crippen molar-refractivity contribution >= 4 is 5.82 Å². The third kappa shape index (κ3) is 2.96. The first-order valence-corrected chi connectivity index (χ1v) is 7.87. The zero-order chi connectivity index (χ0) is 13.9. The van der Waals surface area contributed by atoms with E-state index in [1.807, 2.05) is 12.1 Å². The summed E-state index contributed by atoms with van der Waals surface area (Å²) in [5.41, 5.74) is 0.952. The number of aliphatic hydroxyl groups is 1. The van der Waals surface area contributed by atoms with E-state index >= 15 is 0 Å². The van der Waals surface area contributed by atoms with Crippen LogP contribution >= 0.6 is 0 Å². The van der Waals surface area contributed by atoms with E-state index in [9.17, 15) is 5.11 Å². The smallest absolute Gasteiger partial charge is 0.128 e. The fraction of sp³-hybridized carbons (Fsp3) is 0.688. The fourth-order valence-electron chi connectivity index (χ4n) is 3.45. The number of rotatable bonds is 3. The maximum absolute atomic E-state index is 9.68. The van der Waals surface area contributed by atoms with E-state index < -0.39 is 6.10 Å². The zero-order valence-corrected chi connectivity index (χ0v) is 12.3. The number of nitrogens with zero attached hydrogens (tertiary/aromatic N) is 3. The molecule has 4 heteroatoms. The van der Waals surface area contributed by atoms with Crippen molar-refractivity contribution in [3.05, 3.63) is 23.9 Å². The molecule has 1 aromatic rings. The predicted octanol–water partition coefficient (Wildman–Crippen LogP) is 2.20. The third-order valence-corrected chi connectivity index (χ3v) is 4.73. The Balaban J connectivity index is 1.61. The molecule has 1 N–H and O–H groups in total. The van der Waals surface area contributed by atoms with Gasteiger partial charge >= 0.3 is 0 Å². The van der Waals surface area contributed by atoms with Gasteiger partial charge in [0, 0.05) is 38.4 Å². The molecule has 2 heterocycles. The Hall–Kier alpha value is -1.13. The van der Waals surface area contributed by atoms with Crippen LogP contribution in [0.1, 0.15) is 44.3 Å². The lowest BCUT2D eigenvalue weighted by atomic mass is 10.1. The Morgan fingerprint density at radius 1 is 1.20 bits per heavy atom. The van der Waals surface area contributed by atoms with Crippen molar-refractivity contribution < 1.29 is 5.11 Å². The summed E-state index contributed by atoms with van der Waals surface area (Å²) in [6.45, 7) is 6.19. The van der Waals surface area contributed by atoms with Crippen molar-refractivity contribution in [1.29, 1.82) is 0 Å². The number of piperazine rings is 1. The zero-order valence-electron chi connectivity index (χ0n) is 12.3. The minimum absolute atomic E-state index is 0.420. The van der Waals surface area contributed by atoms with Gasteiger partial charge in [0.05, 0.1) is 6.10 Å². The monoisotopic (exact) mass is 275 g/mol. The second kappa shape index (κ2) is 6.10. The molecule has 1 aliphatic carbocycles. The van der Waals surface area contributed by atoms with Crippen molar-refractivity contribution in [3.8, 4) is 0 Å². The molecule has 0 amide bonds. The lowest BCUT2D eigenvalue weighted by Gasteiger charge is -2.38. The largest absolute Gasteiger partial charge is 0.389 e. The number of aromatic nitrogens is 1. The summed E-state index contributed by atoms with van der Waals surface area (Å²) in [5, 5.41) is 9.68. The maximum atomic E-state index is 9.68. The summed E-state index contributed by atoms with van der Waals surface area (Å²) in [4.78, 5) is 9.46. The third-order valence-electron chi connectivity index (χ3n) is 4.73. The highest BCUT2D eigenvalue weighted by atomic mass is 16.3. The predicted molar refractivity (Wildman–Crippen MR) is 80.9 cm³/mol. The molecule has 20 heavy (non-hydrogen) atoms. The Bertz CT molecular complexity index is 435. The fourth-order valence-corrected chi connectivity index (χ4v) is 3.45. The summed E-state index contributed by atoms with van der Waals surface area (Å²) >= 11 is 0. The molecule has 1 aliphatic heterocycles. The van der Waals surface area contributed by atoms with E-state index in [0.29, 0.717) is 0 Å². The molecule has 1 aromatic heterocycles. The first kappa shape index (κ1) is 13.8. The van der Waals surface area contributed by atoms with Crippen molar-refractivity contribution in [2.24, 2.45) is 0 Å². The van der Waals surface area contributed by atoms with Crippen LogP contribution in [0.15, 0.2) is 18.3 Å². The van der Waals surface area contributed by atoms with Crippen LogP contribution in [0.2, 0.25) is 0 Å². The molecule has 2 fully saturated rings. The summed E-state index contributed by atoms with van der Waals surface area (Å²) in [6.07, 6.45) is 6.97. The van der Waals surface area contributed by atoms with Crippen molar-refractivity contribution in [3.63, 3.8) is 0 Å². The summed E-state index contributed by atoms with van der Waals surface area (Å²) in [5.74, 6) is 1.01. The highest BCUT2D eigenvalue weighted by molar-refractivity contribution is 5.42. The Morgan fingerprint density at radius 3 is 2.55 bits per heavy atom. The van der Waals surface area contributed by atoms with E-state index in [-0.39, 0.29) is 0 Å². The molecule has 4 nitrogen and oxygen atoms in total. The molecule has 0 spiro atoms. The Labute approximate surface area is 121 Å². The molecule has 1 saturated carbocycles. The molecule has 1 atom stereocenters. The van der Waals surface area contributed by atoms with Crippen molar-refractivity contribution in [2.45, 2.75) is 44.8 Å². The topological polar surface area (TPSA) is 39.6 Å². The van der Waals surface area contributed by atoms with Crippen LogP contribution in [0.3, 0.4) is 0 Å². The SMILES string of the molecule is C[C@H](O)c1ccnc(N2CCN(C3CCCC3)CC2)c1. The molecule has 1 saturated heterocycles. The Kier molecular flexibility index (Phi) is 4.22. The van der Waals surface area contributed by atoms with Crippen LogP contribution in [0.4, 0.5) is 5.82 Å². The van der Waals surface area contributed by atoms with Gasteiger partial charge in [-0.1, -0.05) is 12.8 Å². The molecule has 2 aliphatic rings. The van der Waals surface area contributed by atoms with Gasteiger partial charge in [-0.3, -0.25) is 4.90 Å². The second-order valence-electron chi connectivity index (χ2n) is 6.08. The van der Waals surface area contributed by atoms with Crippen LogP contribution in [0.25, 0.3) is 0 Å². The first-order chi connectivity index (χ1) is 9.74. The van der Waals surface area contributed by atoms with Gasteiger partial charge in [0.15, 0.2) is 0 Å². The average Bonchev–Trinajstić information content (AvgIpc) is 3.02. The number of hydrogen-bond acceptors (Lipinski definition) is 4. The molecule has 110 valence electrons. The molecular weight excluding hydrogens is 250 g/mol. The average molecular weight is 275 g/mol. The lowest BCUT2D eigenvalue weighted by molar-refractivity contribution is 0.187. The van der Waals surface area contributed by atoms with Crippen LogP contribution < -0.4 is 4.90 Å². The van der Waals surface area contributed by atoms with Gasteiger partial charge in [-0.2, -0.15) is 0 Å². The normalized spacial score (nSPS) is 23.2. The standard InChI is InChI=1S/C16H25N3O/c1-13(20)14-6-7-17-16(12-14)19-10-8-18(9-11-19)15-4-2-3-5-15/h6-7,12-13,15,20H,2-5,8-11H2,1H3/t13-/m0/s1. The summed E-state index contributed by atoms with van der Waals surface area (Å²) < 4.78 is 0. The van der Waals surface area contributed by atoms with E-state index in [4.69, 9.17) is 0 Å². The summed E-state index contributed by atoms with van der Waals surface area (Å²) in [6, 6.07) is 4.74. The van der Waals surface area contributed by atoms with E-state index in [0.717, 1.165) is 43.6 Å². The van der Waals surface area contributed by atoms with Gasteiger partial charge in [0.1, 0.15) is 5.82 Å².